The summed E-state index contributed by atoms with van der Waals surface area (Å²) in [5.41, 5.74) is 2.53. The number of aromatic nitrogens is 1. The maximum Gasteiger partial charge on any atom is 0.234 e. The van der Waals surface area contributed by atoms with Crippen molar-refractivity contribution in [3.63, 3.8) is 0 Å². The normalized spacial score (nSPS) is 11.7. The molecule has 0 unspecified atom stereocenters. The van der Waals surface area contributed by atoms with E-state index in [4.69, 9.17) is 4.52 Å². The van der Waals surface area contributed by atoms with Gasteiger partial charge >= 0.3 is 0 Å². The summed E-state index contributed by atoms with van der Waals surface area (Å²) in [6.45, 7) is 6.22. The van der Waals surface area contributed by atoms with Crippen LogP contribution in [0.1, 0.15) is 36.4 Å². The Bertz CT molecular complexity index is 942. The van der Waals surface area contributed by atoms with E-state index in [1.54, 1.807) is 14.0 Å². The summed E-state index contributed by atoms with van der Waals surface area (Å²) in [7, 11) is -2.03. The van der Waals surface area contributed by atoms with Crippen molar-refractivity contribution < 1.29 is 17.3 Å². The van der Waals surface area contributed by atoms with Crippen LogP contribution in [0.25, 0.3) is 0 Å². The fraction of sp³-hybridized carbons (Fsp3) is 0.474. The Morgan fingerprint density at radius 3 is 2.57 bits per heavy atom. The predicted molar refractivity (Wildman–Crippen MR) is 127 cm³/mol. The molecular weight excluding hydrogens is 524 g/mol. The molecule has 0 spiro atoms. The van der Waals surface area contributed by atoms with Crippen molar-refractivity contribution in [2.24, 2.45) is 4.99 Å². The van der Waals surface area contributed by atoms with Crippen LogP contribution >= 0.6 is 24.0 Å². The highest BCUT2D eigenvalue weighted by molar-refractivity contribution is 14.0. The summed E-state index contributed by atoms with van der Waals surface area (Å²) >= 11 is 0. The van der Waals surface area contributed by atoms with Crippen molar-refractivity contribution in [3.05, 3.63) is 46.6 Å². The Morgan fingerprint density at radius 2 is 1.97 bits per heavy atom. The van der Waals surface area contributed by atoms with E-state index < -0.39 is 15.8 Å². The number of hydrogen-bond acceptors (Lipinski definition) is 5. The summed E-state index contributed by atoms with van der Waals surface area (Å²) in [6, 6.07) is 4.22. The van der Waals surface area contributed by atoms with Crippen LogP contribution in [0.2, 0.25) is 0 Å². The molecule has 0 aliphatic heterocycles. The van der Waals surface area contributed by atoms with Crippen molar-refractivity contribution in [2.75, 3.05) is 24.1 Å². The van der Waals surface area contributed by atoms with Gasteiger partial charge in [0, 0.05) is 32.1 Å². The first-order chi connectivity index (χ1) is 13.8. The monoisotopic (exact) mass is 553 g/mol. The third-order valence-corrected chi connectivity index (χ3v) is 5.66. The zero-order valence-corrected chi connectivity index (χ0v) is 20.7. The molecule has 0 aliphatic rings. The van der Waals surface area contributed by atoms with Gasteiger partial charge in [-0.15, -0.1) is 24.0 Å². The number of aryl methyl sites for hydroxylation is 3. The summed E-state index contributed by atoms with van der Waals surface area (Å²) in [5.74, 6) is 0.630. The molecule has 1 aromatic carbocycles. The molecule has 11 heteroatoms. The van der Waals surface area contributed by atoms with Gasteiger partial charge in [0.05, 0.1) is 17.1 Å². The molecule has 2 rings (SSSR count). The predicted octanol–water partition coefficient (Wildman–Crippen LogP) is 2.97. The molecule has 0 bridgehead atoms. The number of sulfonamides is 1. The lowest BCUT2D eigenvalue weighted by atomic mass is 10.1. The molecule has 3 N–H and O–H groups in total. The molecule has 1 aromatic heterocycles. The van der Waals surface area contributed by atoms with Gasteiger partial charge in [-0.1, -0.05) is 25.1 Å². The number of benzene rings is 1. The van der Waals surface area contributed by atoms with E-state index in [-0.39, 0.29) is 42.0 Å². The van der Waals surface area contributed by atoms with Crippen LogP contribution in [0.4, 0.5) is 10.1 Å². The second kappa shape index (κ2) is 12.1. The lowest BCUT2D eigenvalue weighted by molar-refractivity contribution is 0.380. The van der Waals surface area contributed by atoms with Crippen molar-refractivity contribution in [1.82, 2.24) is 15.8 Å². The molecule has 30 heavy (non-hydrogen) atoms. The fourth-order valence-electron chi connectivity index (χ4n) is 2.72. The number of rotatable bonds is 9. The number of guanidine groups is 1. The van der Waals surface area contributed by atoms with Crippen LogP contribution in [0.15, 0.2) is 27.7 Å². The fourth-order valence-corrected chi connectivity index (χ4v) is 3.68. The van der Waals surface area contributed by atoms with Gasteiger partial charge in [-0.25, -0.2) is 12.8 Å². The first-order valence-electron chi connectivity index (χ1n) is 9.47. The molecule has 2 aromatic rings. The zero-order valence-electron chi connectivity index (χ0n) is 17.6. The Hall–Kier alpha value is -1.89. The quantitative estimate of drug-likeness (QED) is 0.251. The highest BCUT2D eigenvalue weighted by atomic mass is 127. The van der Waals surface area contributed by atoms with Gasteiger partial charge in [-0.05, 0) is 31.0 Å². The number of nitrogens with zero attached hydrogens (tertiary/aromatic N) is 2. The van der Waals surface area contributed by atoms with Crippen LogP contribution in [0, 0.1) is 12.7 Å². The average Bonchev–Trinajstić information content (AvgIpc) is 3.09. The largest absolute Gasteiger partial charge is 0.361 e. The van der Waals surface area contributed by atoms with Crippen LogP contribution < -0.4 is 15.4 Å². The van der Waals surface area contributed by atoms with E-state index in [1.807, 2.05) is 13.8 Å². The van der Waals surface area contributed by atoms with Crippen molar-refractivity contribution in [1.29, 1.82) is 0 Å². The maximum atomic E-state index is 13.6. The lowest BCUT2D eigenvalue weighted by Crippen LogP contribution is -2.40. The average molecular weight is 553 g/mol. The summed E-state index contributed by atoms with van der Waals surface area (Å²) < 4.78 is 45.7. The maximum absolute atomic E-state index is 13.6. The van der Waals surface area contributed by atoms with Crippen molar-refractivity contribution in [2.45, 2.75) is 40.2 Å². The number of halogens is 2. The Kier molecular flexibility index (Phi) is 10.5. The summed E-state index contributed by atoms with van der Waals surface area (Å²) in [5, 5.41) is 10.2. The third kappa shape index (κ3) is 7.42. The highest BCUT2D eigenvalue weighted by Gasteiger charge is 2.15. The first-order valence-corrected chi connectivity index (χ1v) is 11.1. The van der Waals surface area contributed by atoms with Crippen LogP contribution in [-0.2, 0) is 29.4 Å². The zero-order chi connectivity index (χ0) is 21.4. The minimum absolute atomic E-state index is 0. The van der Waals surface area contributed by atoms with Gasteiger partial charge in [-0.2, -0.15) is 0 Å². The van der Waals surface area contributed by atoms with Gasteiger partial charge in [0.25, 0.3) is 0 Å². The van der Waals surface area contributed by atoms with Gasteiger partial charge in [-0.3, -0.25) is 9.71 Å². The van der Waals surface area contributed by atoms with Crippen LogP contribution in [0.3, 0.4) is 0 Å². The molecular formula is C19H29FIN5O3S. The van der Waals surface area contributed by atoms with E-state index in [0.29, 0.717) is 18.1 Å². The van der Waals surface area contributed by atoms with Gasteiger partial charge < -0.3 is 15.2 Å². The van der Waals surface area contributed by atoms with Gasteiger partial charge in [0.15, 0.2) is 5.96 Å². The molecule has 0 saturated carbocycles. The minimum Gasteiger partial charge on any atom is -0.361 e. The molecule has 168 valence electrons. The molecule has 1 heterocycles. The smallest absolute Gasteiger partial charge is 0.234 e. The molecule has 0 saturated heterocycles. The molecule has 0 aliphatic carbocycles. The van der Waals surface area contributed by atoms with E-state index in [9.17, 15) is 12.8 Å². The van der Waals surface area contributed by atoms with Crippen molar-refractivity contribution in [3.8, 4) is 0 Å². The van der Waals surface area contributed by atoms with E-state index in [1.165, 1.54) is 12.1 Å². The first kappa shape index (κ1) is 26.1. The molecule has 0 fully saturated rings. The number of hydrogen-bond donors (Lipinski definition) is 3. The SMILES string of the molecule is CCc1noc(CC)c1CNC(=NC)NCCS(=O)(=O)Nc1ccc(C)c(F)c1.I. The Labute approximate surface area is 194 Å². The Balaban J connectivity index is 0.00000450. The number of aliphatic imine (C=N–C) groups is 1. The molecule has 8 nitrogen and oxygen atoms in total. The van der Waals surface area contributed by atoms with E-state index in [2.05, 4.69) is 25.5 Å². The van der Waals surface area contributed by atoms with Crippen LogP contribution in [-0.4, -0.2) is 38.9 Å². The van der Waals surface area contributed by atoms with Crippen molar-refractivity contribution >= 4 is 45.6 Å². The van der Waals surface area contributed by atoms with Gasteiger partial charge in [0.1, 0.15) is 11.6 Å². The lowest BCUT2D eigenvalue weighted by Gasteiger charge is -2.13. The topological polar surface area (TPSA) is 109 Å². The summed E-state index contributed by atoms with van der Waals surface area (Å²) in [6.07, 6.45) is 1.50. The van der Waals surface area contributed by atoms with Crippen LogP contribution in [0.5, 0.6) is 0 Å². The standard InChI is InChI=1S/C19H28FN5O3S.HI/c1-5-17-15(18(6-2)28-24-17)12-23-19(21-4)22-9-10-29(26,27)25-14-8-7-13(3)16(20)11-14;/h7-8,11,25H,5-6,9-10,12H2,1-4H3,(H2,21,22,23);1H. The number of nitrogens with one attached hydrogen (secondary N) is 3. The molecule has 0 radical (unpaired) electrons. The van der Waals surface area contributed by atoms with Gasteiger partial charge in [0.2, 0.25) is 10.0 Å². The highest BCUT2D eigenvalue weighted by Crippen LogP contribution is 2.16. The molecule has 0 amide bonds. The molecule has 0 atom stereocenters. The summed E-state index contributed by atoms with van der Waals surface area (Å²) in [4.78, 5) is 4.10. The second-order valence-electron chi connectivity index (χ2n) is 6.48. The number of anilines is 1. The van der Waals surface area contributed by atoms with E-state index >= 15 is 0 Å². The minimum atomic E-state index is -3.63. The Morgan fingerprint density at radius 1 is 1.23 bits per heavy atom. The van der Waals surface area contributed by atoms with E-state index in [0.717, 1.165) is 35.9 Å². The second-order valence-corrected chi connectivity index (χ2v) is 8.32. The third-order valence-electron chi connectivity index (χ3n) is 4.37.